The van der Waals surface area contributed by atoms with Crippen LogP contribution in [-0.2, 0) is 15.1 Å². The molecule has 5 nitrogen and oxygen atoms in total. The van der Waals surface area contributed by atoms with Crippen LogP contribution in [0.3, 0.4) is 0 Å². The SMILES string of the molecule is CN(C)CC1CCCC(CN(C)C)C1OC(=O)C(O)(c1ccccc1)c1ccccc1. The Balaban J connectivity index is 1.96. The lowest BCUT2D eigenvalue weighted by molar-refractivity contribution is -0.177. The molecular formula is C26H36N2O3. The average Bonchev–Trinajstić information content (AvgIpc) is 2.75. The fourth-order valence-electron chi connectivity index (χ4n) is 4.85. The minimum absolute atomic E-state index is 0.231. The Labute approximate surface area is 186 Å². The lowest BCUT2D eigenvalue weighted by Gasteiger charge is -2.41. The molecule has 2 aromatic rings. The van der Waals surface area contributed by atoms with Gasteiger partial charge in [-0.3, -0.25) is 0 Å². The third kappa shape index (κ3) is 5.53. The maximum Gasteiger partial charge on any atom is 0.347 e. The normalized spacial score (nSPS) is 22.0. The van der Waals surface area contributed by atoms with E-state index in [0.717, 1.165) is 32.4 Å². The van der Waals surface area contributed by atoms with Crippen molar-refractivity contribution >= 4 is 5.97 Å². The van der Waals surface area contributed by atoms with Gasteiger partial charge in [-0.25, -0.2) is 4.79 Å². The first-order valence-corrected chi connectivity index (χ1v) is 11.2. The summed E-state index contributed by atoms with van der Waals surface area (Å²) in [6.45, 7) is 1.72. The number of hydrogen-bond acceptors (Lipinski definition) is 5. The highest BCUT2D eigenvalue weighted by molar-refractivity contribution is 5.85. The molecule has 1 fully saturated rings. The van der Waals surface area contributed by atoms with E-state index in [1.807, 2.05) is 36.4 Å². The van der Waals surface area contributed by atoms with E-state index in [2.05, 4.69) is 38.0 Å². The summed E-state index contributed by atoms with van der Waals surface area (Å²) in [5.41, 5.74) is -0.795. The highest BCUT2D eigenvalue weighted by Gasteiger charge is 2.45. The standard InChI is InChI=1S/C26H36N2O3/c1-27(2)18-20-12-11-13-21(19-28(3)4)24(20)31-25(29)26(30,22-14-7-5-8-15-22)23-16-9-6-10-17-23/h5-10,14-17,20-21,24,30H,11-13,18-19H2,1-4H3. The van der Waals surface area contributed by atoms with E-state index in [4.69, 9.17) is 4.74 Å². The van der Waals surface area contributed by atoms with Crippen LogP contribution in [0.4, 0.5) is 0 Å². The van der Waals surface area contributed by atoms with Gasteiger partial charge in [-0.15, -0.1) is 0 Å². The molecule has 0 aliphatic heterocycles. The molecule has 5 heteroatoms. The van der Waals surface area contributed by atoms with E-state index in [1.54, 1.807) is 24.3 Å². The zero-order valence-electron chi connectivity index (χ0n) is 19.2. The van der Waals surface area contributed by atoms with Crippen LogP contribution in [0.2, 0.25) is 0 Å². The second kappa shape index (κ2) is 10.4. The van der Waals surface area contributed by atoms with Gasteiger partial charge >= 0.3 is 5.97 Å². The van der Waals surface area contributed by atoms with E-state index >= 15 is 0 Å². The van der Waals surface area contributed by atoms with E-state index < -0.39 is 11.6 Å². The van der Waals surface area contributed by atoms with Crippen LogP contribution in [0.15, 0.2) is 60.7 Å². The topological polar surface area (TPSA) is 53.0 Å². The van der Waals surface area contributed by atoms with Gasteiger partial charge in [-0.1, -0.05) is 67.1 Å². The Kier molecular flexibility index (Phi) is 7.87. The Morgan fingerprint density at radius 2 is 1.29 bits per heavy atom. The van der Waals surface area contributed by atoms with E-state index in [1.165, 1.54) is 0 Å². The Morgan fingerprint density at radius 3 is 1.68 bits per heavy atom. The van der Waals surface area contributed by atoms with Crippen molar-refractivity contribution in [3.05, 3.63) is 71.8 Å². The van der Waals surface area contributed by atoms with Crippen molar-refractivity contribution in [2.45, 2.75) is 31.0 Å². The molecule has 0 spiro atoms. The molecule has 1 N–H and O–H groups in total. The fraction of sp³-hybridized carbons (Fsp3) is 0.500. The number of nitrogens with zero attached hydrogens (tertiary/aromatic N) is 2. The van der Waals surface area contributed by atoms with Gasteiger partial charge in [0, 0.05) is 24.9 Å². The molecule has 2 atom stereocenters. The number of carbonyl (C=O) groups excluding carboxylic acids is 1. The smallest absolute Gasteiger partial charge is 0.347 e. The minimum atomic E-state index is -1.84. The van der Waals surface area contributed by atoms with Crippen molar-refractivity contribution in [2.24, 2.45) is 11.8 Å². The first-order valence-electron chi connectivity index (χ1n) is 11.2. The highest BCUT2D eigenvalue weighted by Crippen LogP contribution is 2.37. The molecule has 0 saturated heterocycles. The number of hydrogen-bond donors (Lipinski definition) is 1. The third-order valence-corrected chi connectivity index (χ3v) is 6.20. The summed E-state index contributed by atoms with van der Waals surface area (Å²) >= 11 is 0. The predicted molar refractivity (Wildman–Crippen MR) is 124 cm³/mol. The molecule has 2 unspecified atom stereocenters. The first-order chi connectivity index (χ1) is 14.8. The average molecular weight is 425 g/mol. The Morgan fingerprint density at radius 1 is 0.871 bits per heavy atom. The summed E-state index contributed by atoms with van der Waals surface area (Å²) in [7, 11) is 8.22. The van der Waals surface area contributed by atoms with Gasteiger partial charge in [-0.05, 0) is 52.2 Å². The molecule has 2 aromatic carbocycles. The van der Waals surface area contributed by atoms with Crippen molar-refractivity contribution in [3.63, 3.8) is 0 Å². The maximum atomic E-state index is 13.7. The number of benzene rings is 2. The number of ether oxygens (including phenoxy) is 1. The summed E-state index contributed by atoms with van der Waals surface area (Å²) in [6, 6.07) is 18.2. The molecule has 0 amide bonds. The molecule has 0 heterocycles. The van der Waals surface area contributed by atoms with Crippen molar-refractivity contribution in [3.8, 4) is 0 Å². The van der Waals surface area contributed by atoms with E-state index in [9.17, 15) is 9.90 Å². The van der Waals surface area contributed by atoms with E-state index in [-0.39, 0.29) is 17.9 Å². The number of rotatable bonds is 8. The lowest BCUT2D eigenvalue weighted by atomic mass is 9.77. The lowest BCUT2D eigenvalue weighted by Crippen LogP contribution is -2.49. The highest BCUT2D eigenvalue weighted by atomic mass is 16.6. The molecule has 0 aromatic heterocycles. The van der Waals surface area contributed by atoms with Gasteiger partial charge in [-0.2, -0.15) is 0 Å². The molecule has 168 valence electrons. The summed E-state index contributed by atoms with van der Waals surface area (Å²) < 4.78 is 6.25. The molecule has 3 rings (SSSR count). The summed E-state index contributed by atoms with van der Waals surface area (Å²) in [5.74, 6) is -0.105. The molecule has 1 saturated carbocycles. The fourth-order valence-corrected chi connectivity index (χ4v) is 4.85. The van der Waals surface area contributed by atoms with Crippen LogP contribution >= 0.6 is 0 Å². The maximum absolute atomic E-state index is 13.7. The van der Waals surface area contributed by atoms with Crippen LogP contribution in [-0.4, -0.2) is 68.3 Å². The van der Waals surface area contributed by atoms with Gasteiger partial charge in [0.1, 0.15) is 6.10 Å². The molecule has 1 aliphatic rings. The van der Waals surface area contributed by atoms with Gasteiger partial charge in [0.2, 0.25) is 5.60 Å². The van der Waals surface area contributed by atoms with Crippen molar-refractivity contribution in [1.29, 1.82) is 0 Å². The van der Waals surface area contributed by atoms with Gasteiger partial charge in [0.15, 0.2) is 0 Å². The number of esters is 1. The molecule has 31 heavy (non-hydrogen) atoms. The number of carbonyl (C=O) groups is 1. The van der Waals surface area contributed by atoms with Crippen molar-refractivity contribution < 1.29 is 14.6 Å². The Bertz CT molecular complexity index is 766. The minimum Gasteiger partial charge on any atom is -0.459 e. The van der Waals surface area contributed by atoms with Crippen LogP contribution < -0.4 is 0 Å². The Hall–Kier alpha value is -2.21. The van der Waals surface area contributed by atoms with Gasteiger partial charge in [0.05, 0.1) is 0 Å². The molecule has 1 aliphatic carbocycles. The van der Waals surface area contributed by atoms with Gasteiger partial charge < -0.3 is 19.6 Å². The monoisotopic (exact) mass is 424 g/mol. The van der Waals surface area contributed by atoms with Crippen LogP contribution in [0.25, 0.3) is 0 Å². The second-order valence-electron chi connectivity index (χ2n) is 9.29. The van der Waals surface area contributed by atoms with Crippen LogP contribution in [0, 0.1) is 11.8 Å². The summed E-state index contributed by atoms with van der Waals surface area (Å²) in [5, 5.41) is 11.8. The zero-order valence-corrected chi connectivity index (χ0v) is 19.2. The third-order valence-electron chi connectivity index (χ3n) is 6.20. The largest absolute Gasteiger partial charge is 0.459 e. The first kappa shape index (κ1) is 23.5. The summed E-state index contributed by atoms with van der Waals surface area (Å²) in [4.78, 5) is 18.0. The second-order valence-corrected chi connectivity index (χ2v) is 9.29. The molecule has 0 radical (unpaired) electrons. The summed E-state index contributed by atoms with van der Waals surface area (Å²) in [6.07, 6.45) is 2.95. The van der Waals surface area contributed by atoms with Crippen molar-refractivity contribution in [2.75, 3.05) is 41.3 Å². The predicted octanol–water partition coefficient (Wildman–Crippen LogP) is 3.37. The molecular weight excluding hydrogens is 388 g/mol. The molecule has 0 bridgehead atoms. The zero-order chi connectivity index (χ0) is 22.4. The van der Waals surface area contributed by atoms with Crippen molar-refractivity contribution in [1.82, 2.24) is 9.80 Å². The number of aliphatic hydroxyl groups is 1. The van der Waals surface area contributed by atoms with Crippen LogP contribution in [0.5, 0.6) is 0 Å². The van der Waals surface area contributed by atoms with E-state index in [0.29, 0.717) is 11.1 Å². The van der Waals surface area contributed by atoms with Crippen LogP contribution in [0.1, 0.15) is 30.4 Å². The quantitative estimate of drug-likeness (QED) is 0.659. The van der Waals surface area contributed by atoms with Gasteiger partial charge in [0.25, 0.3) is 0 Å².